The maximum atomic E-state index is 12.1. The number of carbonyl (C=O) groups excluding carboxylic acids is 1. The van der Waals surface area contributed by atoms with Gasteiger partial charge in [0.2, 0.25) is 6.79 Å². The number of nitrogens with one attached hydrogen (secondary N) is 2. The van der Waals surface area contributed by atoms with Gasteiger partial charge >= 0.3 is 6.03 Å². The number of amides is 2. The van der Waals surface area contributed by atoms with Gasteiger partial charge in [-0.2, -0.15) is 0 Å². The summed E-state index contributed by atoms with van der Waals surface area (Å²) in [4.78, 5) is 16.5. The fourth-order valence-corrected chi connectivity index (χ4v) is 3.25. The molecule has 0 atom stereocenters. The highest BCUT2D eigenvalue weighted by atomic mass is 32.1. The highest BCUT2D eigenvalue weighted by molar-refractivity contribution is 7.18. The lowest BCUT2D eigenvalue weighted by Crippen LogP contribution is -2.19. The Kier molecular flexibility index (Phi) is 3.27. The Hall–Kier alpha value is -2.80. The molecule has 1 aliphatic rings. The fourth-order valence-electron chi connectivity index (χ4n) is 2.39. The van der Waals surface area contributed by atoms with Crippen molar-refractivity contribution < 1.29 is 14.3 Å². The highest BCUT2D eigenvalue weighted by Gasteiger charge is 2.14. The van der Waals surface area contributed by atoms with Crippen LogP contribution in [-0.2, 0) is 0 Å². The molecule has 3 aromatic rings. The zero-order valence-corrected chi connectivity index (χ0v) is 13.1. The lowest BCUT2D eigenvalue weighted by atomic mass is 10.3. The van der Waals surface area contributed by atoms with Crippen molar-refractivity contribution in [3.05, 3.63) is 41.4 Å². The topological polar surface area (TPSA) is 72.5 Å². The van der Waals surface area contributed by atoms with E-state index in [4.69, 9.17) is 9.47 Å². The molecule has 1 aromatic heterocycles. The third kappa shape index (κ3) is 2.78. The molecule has 0 saturated heterocycles. The van der Waals surface area contributed by atoms with Gasteiger partial charge in [0, 0.05) is 17.4 Å². The average molecular weight is 327 g/mol. The van der Waals surface area contributed by atoms with Crippen molar-refractivity contribution in [2.45, 2.75) is 6.92 Å². The summed E-state index contributed by atoms with van der Waals surface area (Å²) in [5.74, 6) is 1.31. The van der Waals surface area contributed by atoms with E-state index in [-0.39, 0.29) is 12.8 Å². The Morgan fingerprint density at radius 1 is 1.09 bits per heavy atom. The van der Waals surface area contributed by atoms with Crippen LogP contribution in [0, 0.1) is 6.92 Å². The molecule has 2 amide bonds. The van der Waals surface area contributed by atoms with Crippen LogP contribution in [0.15, 0.2) is 36.4 Å². The monoisotopic (exact) mass is 327 g/mol. The van der Waals surface area contributed by atoms with Crippen molar-refractivity contribution in [3.63, 3.8) is 0 Å². The van der Waals surface area contributed by atoms with Gasteiger partial charge in [-0.15, -0.1) is 11.3 Å². The van der Waals surface area contributed by atoms with Gasteiger partial charge in [-0.1, -0.05) is 0 Å². The van der Waals surface area contributed by atoms with Gasteiger partial charge in [-0.3, -0.25) is 0 Å². The third-order valence-corrected chi connectivity index (χ3v) is 4.32. The number of hydrogen-bond acceptors (Lipinski definition) is 5. The maximum Gasteiger partial charge on any atom is 0.323 e. The van der Waals surface area contributed by atoms with E-state index in [1.165, 1.54) is 0 Å². The molecule has 116 valence electrons. The quantitative estimate of drug-likeness (QED) is 0.747. The molecule has 7 heteroatoms. The Morgan fingerprint density at radius 2 is 1.83 bits per heavy atom. The molecule has 0 fully saturated rings. The molecule has 0 bridgehead atoms. The molecule has 1 aliphatic heterocycles. The number of anilines is 2. The largest absolute Gasteiger partial charge is 0.454 e. The van der Waals surface area contributed by atoms with E-state index in [9.17, 15) is 4.79 Å². The van der Waals surface area contributed by atoms with Crippen LogP contribution in [0.1, 0.15) is 5.01 Å². The second-order valence-corrected chi connectivity index (χ2v) is 6.30. The first kappa shape index (κ1) is 13.8. The minimum absolute atomic E-state index is 0.208. The van der Waals surface area contributed by atoms with Crippen LogP contribution in [0.4, 0.5) is 16.2 Å². The molecule has 0 aliphatic carbocycles. The van der Waals surface area contributed by atoms with Gasteiger partial charge in [-0.05, 0) is 37.3 Å². The van der Waals surface area contributed by atoms with Gasteiger partial charge < -0.3 is 20.1 Å². The molecule has 2 N–H and O–H groups in total. The highest BCUT2D eigenvalue weighted by Crippen LogP contribution is 2.34. The van der Waals surface area contributed by atoms with Gasteiger partial charge in [-0.25, -0.2) is 9.78 Å². The lowest BCUT2D eigenvalue weighted by molar-refractivity contribution is 0.174. The predicted octanol–water partition coefficient (Wildman–Crippen LogP) is 3.98. The number of carbonyl (C=O) groups is 1. The van der Waals surface area contributed by atoms with E-state index in [1.54, 1.807) is 29.5 Å². The molecule has 0 unspecified atom stereocenters. The Morgan fingerprint density at radius 3 is 2.70 bits per heavy atom. The minimum atomic E-state index is -0.315. The first-order valence-electron chi connectivity index (χ1n) is 7.02. The average Bonchev–Trinajstić information content (AvgIpc) is 3.11. The summed E-state index contributed by atoms with van der Waals surface area (Å²) in [6.07, 6.45) is 0. The first-order chi connectivity index (χ1) is 11.2. The SMILES string of the molecule is Cc1nc2ccc(NC(=O)Nc3ccc4c(c3)OCO4)cc2s1. The molecule has 4 rings (SSSR count). The molecular formula is C16H13N3O3S. The number of urea groups is 1. The van der Waals surface area contributed by atoms with E-state index in [0.29, 0.717) is 17.2 Å². The van der Waals surface area contributed by atoms with E-state index < -0.39 is 0 Å². The van der Waals surface area contributed by atoms with E-state index >= 15 is 0 Å². The van der Waals surface area contributed by atoms with Crippen molar-refractivity contribution in [2.24, 2.45) is 0 Å². The molecule has 23 heavy (non-hydrogen) atoms. The summed E-state index contributed by atoms with van der Waals surface area (Å²) in [6, 6.07) is 10.6. The molecule has 6 nitrogen and oxygen atoms in total. The second kappa shape index (κ2) is 5.44. The van der Waals surface area contributed by atoms with Crippen molar-refractivity contribution in [2.75, 3.05) is 17.4 Å². The van der Waals surface area contributed by atoms with Crippen LogP contribution in [0.3, 0.4) is 0 Å². The van der Waals surface area contributed by atoms with Gasteiger partial charge in [0.1, 0.15) is 0 Å². The maximum absolute atomic E-state index is 12.1. The molecular weight excluding hydrogens is 314 g/mol. The normalized spacial score (nSPS) is 12.4. The van der Waals surface area contributed by atoms with Gasteiger partial charge in [0.05, 0.1) is 15.2 Å². The summed E-state index contributed by atoms with van der Waals surface area (Å²) in [6.45, 7) is 2.17. The van der Waals surface area contributed by atoms with Crippen LogP contribution in [0.5, 0.6) is 11.5 Å². The summed E-state index contributed by atoms with van der Waals surface area (Å²) >= 11 is 1.60. The minimum Gasteiger partial charge on any atom is -0.454 e. The van der Waals surface area contributed by atoms with E-state index in [2.05, 4.69) is 15.6 Å². The van der Waals surface area contributed by atoms with Gasteiger partial charge in [0.15, 0.2) is 11.5 Å². The Bertz CT molecular complexity index is 907. The zero-order chi connectivity index (χ0) is 15.8. The first-order valence-corrected chi connectivity index (χ1v) is 7.84. The summed E-state index contributed by atoms with van der Waals surface area (Å²) in [7, 11) is 0. The molecule has 2 heterocycles. The summed E-state index contributed by atoms with van der Waals surface area (Å²) in [5.41, 5.74) is 2.30. The predicted molar refractivity (Wildman–Crippen MR) is 89.6 cm³/mol. The van der Waals surface area contributed by atoms with Crippen molar-refractivity contribution in [1.29, 1.82) is 0 Å². The number of thiazole rings is 1. The number of ether oxygens (including phenoxy) is 2. The van der Waals surface area contributed by atoms with Crippen LogP contribution < -0.4 is 20.1 Å². The van der Waals surface area contributed by atoms with Crippen molar-refractivity contribution >= 4 is 39.0 Å². The molecule has 0 saturated carbocycles. The van der Waals surface area contributed by atoms with E-state index in [0.717, 1.165) is 20.9 Å². The van der Waals surface area contributed by atoms with Crippen LogP contribution >= 0.6 is 11.3 Å². The van der Waals surface area contributed by atoms with Crippen LogP contribution in [-0.4, -0.2) is 17.8 Å². The number of fused-ring (bicyclic) bond motifs is 2. The van der Waals surface area contributed by atoms with Crippen LogP contribution in [0.2, 0.25) is 0 Å². The standard InChI is InChI=1S/C16H13N3O3S/c1-9-17-12-4-2-11(7-15(12)23-9)19-16(20)18-10-3-5-13-14(6-10)22-8-21-13/h2-7H,8H2,1H3,(H2,18,19,20). The molecule has 0 spiro atoms. The number of aromatic nitrogens is 1. The van der Waals surface area contributed by atoms with Crippen molar-refractivity contribution in [3.8, 4) is 11.5 Å². The third-order valence-electron chi connectivity index (χ3n) is 3.38. The lowest BCUT2D eigenvalue weighted by Gasteiger charge is -2.08. The van der Waals surface area contributed by atoms with Gasteiger partial charge in [0.25, 0.3) is 0 Å². The molecule has 2 aromatic carbocycles. The van der Waals surface area contributed by atoms with E-state index in [1.807, 2.05) is 25.1 Å². The number of nitrogens with zero attached hydrogens (tertiary/aromatic N) is 1. The summed E-state index contributed by atoms with van der Waals surface area (Å²) in [5, 5.41) is 6.59. The number of benzene rings is 2. The molecule has 0 radical (unpaired) electrons. The Balaban J connectivity index is 1.48. The van der Waals surface area contributed by atoms with Crippen LogP contribution in [0.25, 0.3) is 10.2 Å². The summed E-state index contributed by atoms with van der Waals surface area (Å²) < 4.78 is 11.6. The fraction of sp³-hybridized carbons (Fsp3) is 0.125. The second-order valence-electron chi connectivity index (χ2n) is 5.06. The van der Waals surface area contributed by atoms with Crippen molar-refractivity contribution in [1.82, 2.24) is 4.98 Å². The number of rotatable bonds is 2. The zero-order valence-electron chi connectivity index (χ0n) is 12.3. The number of aryl methyl sites for hydroxylation is 1. The number of hydrogen-bond donors (Lipinski definition) is 2. The smallest absolute Gasteiger partial charge is 0.323 e. The Labute approximate surface area is 136 Å².